The summed E-state index contributed by atoms with van der Waals surface area (Å²) in [4.78, 5) is 0. The average Bonchev–Trinajstić information content (AvgIpc) is 2.42. The molecule has 106 valence electrons. The van der Waals surface area contributed by atoms with E-state index in [1.807, 2.05) is 0 Å². The zero-order valence-corrected chi connectivity index (χ0v) is 13.3. The summed E-state index contributed by atoms with van der Waals surface area (Å²) in [6.45, 7) is 1.61. The molecule has 1 nitrogen and oxygen atoms in total. The van der Waals surface area contributed by atoms with Crippen LogP contribution in [-0.2, 0) is 0 Å². The third kappa shape index (κ3) is 2.87. The van der Waals surface area contributed by atoms with Crippen LogP contribution < -0.4 is 5.32 Å². The molecule has 0 saturated carbocycles. The molecule has 0 fully saturated rings. The van der Waals surface area contributed by atoms with Gasteiger partial charge in [0.25, 0.3) is 0 Å². The fraction of sp³-hybridized carbons (Fsp3) is 0.200. The minimum absolute atomic E-state index is 0.00545. The molecule has 2 aromatic rings. The quantitative estimate of drug-likeness (QED) is 0.812. The van der Waals surface area contributed by atoms with Crippen molar-refractivity contribution in [1.29, 1.82) is 0 Å². The van der Waals surface area contributed by atoms with E-state index >= 15 is 0 Å². The van der Waals surface area contributed by atoms with Crippen molar-refractivity contribution >= 4 is 27.5 Å². The number of aryl methyl sites for hydroxylation is 1. The number of halogens is 4. The molecule has 0 aliphatic rings. The van der Waals surface area contributed by atoms with Gasteiger partial charge in [0.2, 0.25) is 0 Å². The fourth-order valence-electron chi connectivity index (χ4n) is 2.11. The second kappa shape index (κ2) is 6.20. The molecule has 0 heterocycles. The molecule has 0 aliphatic heterocycles. The predicted octanol–water partition coefficient (Wildman–Crippen LogP) is 5.00. The molecule has 1 unspecified atom stereocenters. The molecule has 0 aromatic heterocycles. The van der Waals surface area contributed by atoms with Gasteiger partial charge in [0, 0.05) is 10.0 Å². The SMILES string of the molecule is CNC(c1ccc(Br)c(Cl)c1)c1c(F)ccc(C)c1F. The van der Waals surface area contributed by atoms with Crippen molar-refractivity contribution in [2.45, 2.75) is 13.0 Å². The van der Waals surface area contributed by atoms with Gasteiger partial charge in [-0.05, 0) is 59.2 Å². The summed E-state index contributed by atoms with van der Waals surface area (Å²) in [5, 5.41) is 3.43. The van der Waals surface area contributed by atoms with Crippen molar-refractivity contribution in [3.05, 3.63) is 68.2 Å². The van der Waals surface area contributed by atoms with Crippen LogP contribution in [0.5, 0.6) is 0 Å². The van der Waals surface area contributed by atoms with E-state index in [9.17, 15) is 8.78 Å². The van der Waals surface area contributed by atoms with Gasteiger partial charge in [-0.3, -0.25) is 0 Å². The largest absolute Gasteiger partial charge is 0.309 e. The van der Waals surface area contributed by atoms with Gasteiger partial charge < -0.3 is 5.32 Å². The van der Waals surface area contributed by atoms with E-state index < -0.39 is 17.7 Å². The Bertz CT molecular complexity index is 646. The number of hydrogen-bond acceptors (Lipinski definition) is 1. The predicted molar refractivity (Wildman–Crippen MR) is 81.1 cm³/mol. The first-order chi connectivity index (χ1) is 9.45. The first-order valence-electron chi connectivity index (χ1n) is 6.02. The smallest absolute Gasteiger partial charge is 0.134 e. The van der Waals surface area contributed by atoms with Gasteiger partial charge in [-0.2, -0.15) is 0 Å². The minimum Gasteiger partial charge on any atom is -0.309 e. The molecule has 0 radical (unpaired) electrons. The Morgan fingerprint density at radius 1 is 1.20 bits per heavy atom. The lowest BCUT2D eigenvalue weighted by atomic mass is 9.96. The highest BCUT2D eigenvalue weighted by atomic mass is 79.9. The van der Waals surface area contributed by atoms with Crippen LogP contribution in [0.15, 0.2) is 34.8 Å². The molecule has 20 heavy (non-hydrogen) atoms. The summed E-state index contributed by atoms with van der Waals surface area (Å²) in [6.07, 6.45) is 0. The standard InChI is InChI=1S/C15H13BrClF2N/c1-8-3-6-12(18)13(14(8)19)15(20-2)9-4-5-10(16)11(17)7-9/h3-7,15,20H,1-2H3. The highest BCUT2D eigenvalue weighted by Crippen LogP contribution is 2.32. The maximum atomic E-state index is 14.2. The summed E-state index contributed by atoms with van der Waals surface area (Å²) in [5.74, 6) is -1.12. The highest BCUT2D eigenvalue weighted by molar-refractivity contribution is 9.10. The topological polar surface area (TPSA) is 12.0 Å². The normalized spacial score (nSPS) is 12.5. The number of nitrogens with one attached hydrogen (secondary N) is 1. The summed E-state index contributed by atoms with van der Waals surface area (Å²) < 4.78 is 29.0. The van der Waals surface area contributed by atoms with E-state index in [0.29, 0.717) is 16.1 Å². The Morgan fingerprint density at radius 2 is 1.90 bits per heavy atom. The van der Waals surface area contributed by atoms with Crippen molar-refractivity contribution in [3.63, 3.8) is 0 Å². The zero-order chi connectivity index (χ0) is 14.9. The fourth-order valence-corrected chi connectivity index (χ4v) is 2.55. The van der Waals surface area contributed by atoms with Crippen molar-refractivity contribution in [2.75, 3.05) is 7.05 Å². The lowest BCUT2D eigenvalue weighted by Gasteiger charge is -2.20. The van der Waals surface area contributed by atoms with Crippen LogP contribution in [0.2, 0.25) is 5.02 Å². The van der Waals surface area contributed by atoms with Crippen LogP contribution in [0.1, 0.15) is 22.7 Å². The number of benzene rings is 2. The van der Waals surface area contributed by atoms with E-state index in [1.165, 1.54) is 12.1 Å². The molecule has 2 rings (SSSR count). The maximum absolute atomic E-state index is 14.2. The van der Waals surface area contributed by atoms with E-state index in [1.54, 1.807) is 32.2 Å². The molecule has 1 atom stereocenters. The maximum Gasteiger partial charge on any atom is 0.134 e. The lowest BCUT2D eigenvalue weighted by Crippen LogP contribution is -2.21. The van der Waals surface area contributed by atoms with Gasteiger partial charge >= 0.3 is 0 Å². The van der Waals surface area contributed by atoms with Crippen LogP contribution >= 0.6 is 27.5 Å². The Kier molecular flexibility index (Phi) is 4.78. The van der Waals surface area contributed by atoms with Gasteiger partial charge in [-0.25, -0.2) is 8.78 Å². The Morgan fingerprint density at radius 3 is 2.50 bits per heavy atom. The Labute approximate surface area is 130 Å². The summed E-state index contributed by atoms with van der Waals surface area (Å²) >= 11 is 9.35. The van der Waals surface area contributed by atoms with Crippen LogP contribution in [0.3, 0.4) is 0 Å². The third-order valence-electron chi connectivity index (χ3n) is 3.17. The summed E-state index contributed by atoms with van der Waals surface area (Å²) in [6, 6.07) is 7.33. The monoisotopic (exact) mass is 359 g/mol. The molecule has 0 amide bonds. The average molecular weight is 361 g/mol. The van der Waals surface area contributed by atoms with Crippen LogP contribution in [0.25, 0.3) is 0 Å². The Hall–Kier alpha value is -0.970. The van der Waals surface area contributed by atoms with Crippen LogP contribution in [-0.4, -0.2) is 7.05 Å². The van der Waals surface area contributed by atoms with Crippen molar-refractivity contribution in [2.24, 2.45) is 0 Å². The molecule has 0 spiro atoms. The van der Waals surface area contributed by atoms with Crippen LogP contribution in [0, 0.1) is 18.6 Å². The summed E-state index contributed by atoms with van der Waals surface area (Å²) in [7, 11) is 1.65. The van der Waals surface area contributed by atoms with E-state index in [4.69, 9.17) is 11.6 Å². The van der Waals surface area contributed by atoms with Gasteiger partial charge in [0.15, 0.2) is 0 Å². The molecular weight excluding hydrogens is 348 g/mol. The molecule has 0 bridgehead atoms. The van der Waals surface area contributed by atoms with Crippen LogP contribution in [0.4, 0.5) is 8.78 Å². The number of hydrogen-bond donors (Lipinski definition) is 1. The second-order valence-electron chi connectivity index (χ2n) is 4.49. The molecule has 0 aliphatic carbocycles. The summed E-state index contributed by atoms with van der Waals surface area (Å²) in [5.41, 5.74) is 1.11. The number of rotatable bonds is 3. The first kappa shape index (κ1) is 15.4. The van der Waals surface area contributed by atoms with Gasteiger partial charge in [0.1, 0.15) is 11.6 Å². The third-order valence-corrected chi connectivity index (χ3v) is 4.41. The highest BCUT2D eigenvalue weighted by Gasteiger charge is 2.22. The molecule has 1 N–H and O–H groups in total. The van der Waals surface area contributed by atoms with Crippen molar-refractivity contribution < 1.29 is 8.78 Å². The van der Waals surface area contributed by atoms with E-state index in [-0.39, 0.29) is 5.56 Å². The van der Waals surface area contributed by atoms with Gasteiger partial charge in [-0.15, -0.1) is 0 Å². The van der Waals surface area contributed by atoms with Crippen molar-refractivity contribution in [3.8, 4) is 0 Å². The van der Waals surface area contributed by atoms with Crippen molar-refractivity contribution in [1.82, 2.24) is 5.32 Å². The van der Waals surface area contributed by atoms with E-state index in [2.05, 4.69) is 21.2 Å². The molecule has 5 heteroatoms. The Balaban J connectivity index is 2.58. The minimum atomic E-state index is -0.597. The lowest BCUT2D eigenvalue weighted by molar-refractivity contribution is 0.517. The second-order valence-corrected chi connectivity index (χ2v) is 5.75. The van der Waals surface area contributed by atoms with E-state index in [0.717, 1.165) is 4.47 Å². The molecular formula is C15H13BrClF2N. The molecule has 2 aromatic carbocycles. The first-order valence-corrected chi connectivity index (χ1v) is 7.19. The van der Waals surface area contributed by atoms with Gasteiger partial charge in [0.05, 0.1) is 11.1 Å². The molecule has 0 saturated heterocycles. The zero-order valence-electron chi connectivity index (χ0n) is 11.0. The van der Waals surface area contributed by atoms with Gasteiger partial charge in [-0.1, -0.05) is 23.7 Å².